The molecule has 0 saturated carbocycles. The van der Waals surface area contributed by atoms with E-state index in [9.17, 15) is 0 Å². The zero-order valence-electron chi connectivity index (χ0n) is 11.0. The summed E-state index contributed by atoms with van der Waals surface area (Å²) in [5.41, 5.74) is 6.59. The molecular formula is C14H18N4O. The quantitative estimate of drug-likeness (QED) is 0.777. The van der Waals surface area contributed by atoms with E-state index in [0.717, 1.165) is 30.1 Å². The van der Waals surface area contributed by atoms with E-state index in [1.807, 2.05) is 37.3 Å². The van der Waals surface area contributed by atoms with E-state index >= 15 is 0 Å². The lowest BCUT2D eigenvalue weighted by Gasteiger charge is -2.10. The van der Waals surface area contributed by atoms with Gasteiger partial charge in [0.2, 0.25) is 0 Å². The Labute approximate surface area is 112 Å². The summed E-state index contributed by atoms with van der Waals surface area (Å²) in [6.07, 6.45) is 2.35. The third kappa shape index (κ3) is 3.84. The van der Waals surface area contributed by atoms with Crippen LogP contribution in [0.25, 0.3) is 0 Å². The van der Waals surface area contributed by atoms with Crippen molar-refractivity contribution in [3.8, 4) is 5.75 Å². The molecule has 2 rings (SSSR count). The van der Waals surface area contributed by atoms with Crippen LogP contribution in [0.3, 0.4) is 0 Å². The lowest BCUT2D eigenvalue weighted by molar-refractivity contribution is 0.315. The number of nitrogens with one attached hydrogen (secondary N) is 1. The lowest BCUT2D eigenvalue weighted by Crippen LogP contribution is -2.10. The van der Waals surface area contributed by atoms with Gasteiger partial charge in [0.15, 0.2) is 0 Å². The number of anilines is 2. The van der Waals surface area contributed by atoms with Crippen molar-refractivity contribution in [3.05, 3.63) is 42.2 Å². The van der Waals surface area contributed by atoms with Gasteiger partial charge < -0.3 is 15.8 Å². The molecule has 0 bridgehead atoms. The van der Waals surface area contributed by atoms with E-state index in [1.54, 1.807) is 0 Å². The molecule has 1 heterocycles. The van der Waals surface area contributed by atoms with Crippen molar-refractivity contribution < 1.29 is 4.74 Å². The van der Waals surface area contributed by atoms with Gasteiger partial charge in [-0.15, -0.1) is 0 Å². The molecule has 0 saturated heterocycles. The van der Waals surface area contributed by atoms with Gasteiger partial charge in [0, 0.05) is 12.1 Å². The largest absolute Gasteiger partial charge is 0.494 e. The Bertz CT molecular complexity index is 516. The molecule has 0 unspecified atom stereocenters. The van der Waals surface area contributed by atoms with Gasteiger partial charge in [-0.3, -0.25) is 0 Å². The van der Waals surface area contributed by atoms with Crippen molar-refractivity contribution in [1.82, 2.24) is 9.97 Å². The van der Waals surface area contributed by atoms with Gasteiger partial charge in [-0.1, -0.05) is 18.2 Å². The third-order valence-corrected chi connectivity index (χ3v) is 2.75. The standard InChI is InChI=1S/C14H18N4O/c1-11-13(15)17-10-18-14(11)16-8-5-9-19-12-6-3-2-4-7-12/h2-4,6-7,10H,5,8-9H2,1H3,(H3,15,16,17,18). The molecule has 0 aliphatic heterocycles. The zero-order valence-corrected chi connectivity index (χ0v) is 11.0. The van der Waals surface area contributed by atoms with Crippen LogP contribution >= 0.6 is 0 Å². The maximum atomic E-state index is 5.71. The predicted octanol–water partition coefficient (Wildman–Crippen LogP) is 2.25. The first-order valence-electron chi connectivity index (χ1n) is 6.26. The van der Waals surface area contributed by atoms with E-state index in [4.69, 9.17) is 10.5 Å². The molecule has 100 valence electrons. The van der Waals surface area contributed by atoms with Gasteiger partial charge in [0.1, 0.15) is 23.7 Å². The van der Waals surface area contributed by atoms with Crippen LogP contribution in [0.1, 0.15) is 12.0 Å². The number of aromatic nitrogens is 2. The maximum absolute atomic E-state index is 5.71. The summed E-state index contributed by atoms with van der Waals surface area (Å²) in [7, 11) is 0. The minimum atomic E-state index is 0.512. The summed E-state index contributed by atoms with van der Waals surface area (Å²) in [4.78, 5) is 8.08. The fraction of sp³-hybridized carbons (Fsp3) is 0.286. The number of nitrogen functional groups attached to an aromatic ring is 1. The van der Waals surface area contributed by atoms with Crippen molar-refractivity contribution in [2.45, 2.75) is 13.3 Å². The second kappa shape index (κ2) is 6.58. The molecule has 3 N–H and O–H groups in total. The molecule has 1 aromatic heterocycles. The van der Waals surface area contributed by atoms with E-state index in [1.165, 1.54) is 6.33 Å². The van der Waals surface area contributed by atoms with Gasteiger partial charge in [-0.2, -0.15) is 0 Å². The minimum absolute atomic E-state index is 0.512. The zero-order chi connectivity index (χ0) is 13.5. The van der Waals surface area contributed by atoms with Crippen molar-refractivity contribution in [1.29, 1.82) is 0 Å². The molecule has 19 heavy (non-hydrogen) atoms. The Morgan fingerprint density at radius 2 is 2.00 bits per heavy atom. The van der Waals surface area contributed by atoms with Gasteiger partial charge in [0.25, 0.3) is 0 Å². The summed E-state index contributed by atoms with van der Waals surface area (Å²) in [6.45, 7) is 3.35. The minimum Gasteiger partial charge on any atom is -0.494 e. The van der Waals surface area contributed by atoms with Gasteiger partial charge >= 0.3 is 0 Å². The summed E-state index contributed by atoms with van der Waals surface area (Å²) in [6, 6.07) is 9.78. The highest BCUT2D eigenvalue weighted by Gasteiger charge is 2.02. The van der Waals surface area contributed by atoms with E-state index in [2.05, 4.69) is 15.3 Å². The van der Waals surface area contributed by atoms with E-state index < -0.39 is 0 Å². The molecule has 0 aliphatic carbocycles. The number of nitrogens with zero attached hydrogens (tertiary/aromatic N) is 2. The Kier molecular flexibility index (Phi) is 4.55. The molecule has 1 aromatic carbocycles. The predicted molar refractivity (Wildman–Crippen MR) is 76.2 cm³/mol. The van der Waals surface area contributed by atoms with Crippen molar-refractivity contribution in [3.63, 3.8) is 0 Å². The lowest BCUT2D eigenvalue weighted by atomic mass is 10.3. The van der Waals surface area contributed by atoms with Crippen LogP contribution < -0.4 is 15.8 Å². The smallest absolute Gasteiger partial charge is 0.134 e. The number of nitrogens with two attached hydrogens (primary N) is 1. The molecular weight excluding hydrogens is 240 g/mol. The molecule has 2 aromatic rings. The van der Waals surface area contributed by atoms with Crippen LogP contribution in [0.2, 0.25) is 0 Å². The van der Waals surface area contributed by atoms with Gasteiger partial charge in [0.05, 0.1) is 6.61 Å². The van der Waals surface area contributed by atoms with Crippen molar-refractivity contribution in [2.75, 3.05) is 24.2 Å². The van der Waals surface area contributed by atoms with Crippen molar-refractivity contribution >= 4 is 11.6 Å². The average Bonchev–Trinajstić information content (AvgIpc) is 2.44. The number of rotatable bonds is 6. The summed E-state index contributed by atoms with van der Waals surface area (Å²) in [5.74, 6) is 2.19. The number of benzene rings is 1. The maximum Gasteiger partial charge on any atom is 0.134 e. The second-order valence-electron chi connectivity index (χ2n) is 4.17. The third-order valence-electron chi connectivity index (χ3n) is 2.75. The molecule has 0 radical (unpaired) electrons. The molecule has 0 aliphatic rings. The number of ether oxygens (including phenoxy) is 1. The van der Waals surface area contributed by atoms with Crippen LogP contribution in [-0.4, -0.2) is 23.1 Å². The fourth-order valence-corrected chi connectivity index (χ4v) is 1.63. The van der Waals surface area contributed by atoms with Crippen LogP contribution in [0.15, 0.2) is 36.7 Å². The monoisotopic (exact) mass is 258 g/mol. The summed E-state index contributed by atoms with van der Waals surface area (Å²) in [5, 5.41) is 3.23. The van der Waals surface area contributed by atoms with Crippen LogP contribution in [0.5, 0.6) is 5.75 Å². The summed E-state index contributed by atoms with van der Waals surface area (Å²) >= 11 is 0. The molecule has 0 fully saturated rings. The number of hydrogen-bond donors (Lipinski definition) is 2. The molecule has 0 amide bonds. The van der Waals surface area contributed by atoms with E-state index in [-0.39, 0.29) is 0 Å². The Hall–Kier alpha value is -2.30. The normalized spacial score (nSPS) is 10.2. The Morgan fingerprint density at radius 1 is 1.21 bits per heavy atom. The SMILES string of the molecule is Cc1c(N)ncnc1NCCCOc1ccccc1. The fourth-order valence-electron chi connectivity index (χ4n) is 1.63. The first-order valence-corrected chi connectivity index (χ1v) is 6.26. The topological polar surface area (TPSA) is 73.1 Å². The number of hydrogen-bond acceptors (Lipinski definition) is 5. The average molecular weight is 258 g/mol. The molecule has 0 atom stereocenters. The number of para-hydroxylation sites is 1. The van der Waals surface area contributed by atoms with E-state index in [0.29, 0.717) is 12.4 Å². The molecule has 0 spiro atoms. The van der Waals surface area contributed by atoms with Gasteiger partial charge in [-0.05, 0) is 25.5 Å². The molecule has 5 nitrogen and oxygen atoms in total. The Morgan fingerprint density at radius 3 is 2.79 bits per heavy atom. The first kappa shape index (κ1) is 13.1. The highest BCUT2D eigenvalue weighted by Crippen LogP contribution is 2.14. The summed E-state index contributed by atoms with van der Waals surface area (Å²) < 4.78 is 5.60. The van der Waals surface area contributed by atoms with Crippen LogP contribution in [0, 0.1) is 6.92 Å². The van der Waals surface area contributed by atoms with Gasteiger partial charge in [-0.25, -0.2) is 9.97 Å². The van der Waals surface area contributed by atoms with Crippen LogP contribution in [-0.2, 0) is 0 Å². The highest BCUT2D eigenvalue weighted by molar-refractivity contribution is 5.53. The second-order valence-corrected chi connectivity index (χ2v) is 4.17. The van der Waals surface area contributed by atoms with Crippen molar-refractivity contribution in [2.24, 2.45) is 0 Å². The van der Waals surface area contributed by atoms with Crippen LogP contribution in [0.4, 0.5) is 11.6 Å². The first-order chi connectivity index (χ1) is 9.27. The molecule has 5 heteroatoms. The Balaban J connectivity index is 1.71. The highest BCUT2D eigenvalue weighted by atomic mass is 16.5.